The van der Waals surface area contributed by atoms with Crippen LogP contribution < -0.4 is 5.73 Å². The van der Waals surface area contributed by atoms with Gasteiger partial charge < -0.3 is 5.73 Å². The van der Waals surface area contributed by atoms with Crippen LogP contribution in [0.1, 0.15) is 0 Å². The number of rotatable bonds is 1. The van der Waals surface area contributed by atoms with Gasteiger partial charge >= 0.3 is 0 Å². The van der Waals surface area contributed by atoms with Crippen molar-refractivity contribution in [2.45, 2.75) is 0 Å². The van der Waals surface area contributed by atoms with Gasteiger partial charge in [0.1, 0.15) is 5.82 Å². The summed E-state index contributed by atoms with van der Waals surface area (Å²) in [4.78, 5) is 4.07. The quantitative estimate of drug-likeness (QED) is 0.684. The second-order valence-electron chi connectivity index (χ2n) is 4.16. The van der Waals surface area contributed by atoms with E-state index in [1.807, 2.05) is 0 Å². The first-order chi connectivity index (χ1) is 9.47. The Bertz CT molecular complexity index is 829. The number of anilines is 1. The van der Waals surface area contributed by atoms with Crippen LogP contribution in [0.5, 0.6) is 0 Å². The van der Waals surface area contributed by atoms with Crippen molar-refractivity contribution in [3.8, 4) is 5.69 Å². The lowest BCUT2D eigenvalue weighted by atomic mass is 10.2. The second kappa shape index (κ2) is 4.52. The molecule has 0 saturated heterocycles. The van der Waals surface area contributed by atoms with E-state index >= 15 is 0 Å². The standard InChI is InChI=1S/C13H7BrF3N3/c14-6-1-2-11-10(3-6)19-13(18)20(11)12-5-8(16)7(15)4-9(12)17/h1-5H,(H2,18,19). The fraction of sp³-hybridized carbons (Fsp3) is 0. The summed E-state index contributed by atoms with van der Waals surface area (Å²) in [7, 11) is 0. The minimum absolute atomic E-state index is 0.0111. The van der Waals surface area contributed by atoms with E-state index in [0.29, 0.717) is 17.1 Å². The van der Waals surface area contributed by atoms with E-state index in [4.69, 9.17) is 5.73 Å². The molecule has 0 radical (unpaired) electrons. The van der Waals surface area contributed by atoms with E-state index in [1.165, 1.54) is 4.57 Å². The van der Waals surface area contributed by atoms with Crippen LogP contribution in [0, 0.1) is 17.5 Å². The Morgan fingerprint density at radius 2 is 1.70 bits per heavy atom. The molecule has 0 aliphatic rings. The lowest BCUT2D eigenvalue weighted by Crippen LogP contribution is -2.04. The highest BCUT2D eigenvalue weighted by molar-refractivity contribution is 9.10. The predicted molar refractivity (Wildman–Crippen MR) is 73.1 cm³/mol. The number of fused-ring (bicyclic) bond motifs is 1. The third-order valence-corrected chi connectivity index (χ3v) is 3.37. The summed E-state index contributed by atoms with van der Waals surface area (Å²) in [6, 6.07) is 6.31. The van der Waals surface area contributed by atoms with Crippen LogP contribution in [-0.2, 0) is 0 Å². The summed E-state index contributed by atoms with van der Waals surface area (Å²) in [6.07, 6.45) is 0. The smallest absolute Gasteiger partial charge is 0.206 e. The highest BCUT2D eigenvalue weighted by Crippen LogP contribution is 2.28. The van der Waals surface area contributed by atoms with E-state index in [2.05, 4.69) is 20.9 Å². The number of imidazole rings is 1. The van der Waals surface area contributed by atoms with Crippen molar-refractivity contribution < 1.29 is 13.2 Å². The van der Waals surface area contributed by atoms with Crippen molar-refractivity contribution in [3.63, 3.8) is 0 Å². The van der Waals surface area contributed by atoms with Gasteiger partial charge in [0.25, 0.3) is 0 Å². The number of aromatic nitrogens is 2. The average molecular weight is 342 g/mol. The molecular weight excluding hydrogens is 335 g/mol. The Morgan fingerprint density at radius 1 is 1.00 bits per heavy atom. The molecule has 2 aromatic carbocycles. The molecule has 0 unspecified atom stereocenters. The molecule has 0 bridgehead atoms. The van der Waals surface area contributed by atoms with Crippen molar-refractivity contribution in [1.82, 2.24) is 9.55 Å². The lowest BCUT2D eigenvalue weighted by Gasteiger charge is -2.08. The van der Waals surface area contributed by atoms with Crippen LogP contribution in [0.15, 0.2) is 34.8 Å². The highest BCUT2D eigenvalue weighted by atomic mass is 79.9. The summed E-state index contributed by atoms with van der Waals surface area (Å²) in [5.74, 6) is -3.34. The zero-order valence-electron chi connectivity index (χ0n) is 9.87. The van der Waals surface area contributed by atoms with Gasteiger partial charge in [-0.2, -0.15) is 0 Å². The fourth-order valence-corrected chi connectivity index (χ4v) is 2.36. The third kappa shape index (κ3) is 1.94. The van der Waals surface area contributed by atoms with Crippen molar-refractivity contribution in [3.05, 3.63) is 52.3 Å². The number of hydrogen-bond donors (Lipinski definition) is 1. The first-order valence-corrected chi connectivity index (χ1v) is 6.35. The summed E-state index contributed by atoms with van der Waals surface area (Å²) >= 11 is 3.28. The zero-order valence-corrected chi connectivity index (χ0v) is 11.5. The van der Waals surface area contributed by atoms with E-state index in [1.54, 1.807) is 18.2 Å². The van der Waals surface area contributed by atoms with Crippen molar-refractivity contribution in [2.75, 3.05) is 5.73 Å². The van der Waals surface area contributed by atoms with Gasteiger partial charge in [0.15, 0.2) is 11.6 Å². The van der Waals surface area contributed by atoms with E-state index < -0.39 is 17.5 Å². The predicted octanol–water partition coefficient (Wildman–Crippen LogP) is 3.79. The molecule has 0 amide bonds. The van der Waals surface area contributed by atoms with E-state index in [9.17, 15) is 13.2 Å². The molecule has 3 nitrogen and oxygen atoms in total. The Labute approximate surface area is 120 Å². The Balaban J connectivity index is 2.35. The normalized spacial score (nSPS) is 11.2. The maximum absolute atomic E-state index is 13.9. The summed E-state index contributed by atoms with van der Waals surface area (Å²) in [6.45, 7) is 0. The maximum atomic E-state index is 13.9. The molecule has 102 valence electrons. The number of nitrogens with two attached hydrogens (primary N) is 1. The van der Waals surface area contributed by atoms with Crippen LogP contribution in [0.2, 0.25) is 0 Å². The molecule has 20 heavy (non-hydrogen) atoms. The molecule has 0 atom stereocenters. The topological polar surface area (TPSA) is 43.8 Å². The number of hydrogen-bond acceptors (Lipinski definition) is 2. The maximum Gasteiger partial charge on any atom is 0.206 e. The summed E-state index contributed by atoms with van der Waals surface area (Å²) in [5.41, 5.74) is 6.57. The Morgan fingerprint density at radius 3 is 2.45 bits per heavy atom. The molecule has 2 N–H and O–H groups in total. The van der Waals surface area contributed by atoms with Crippen molar-refractivity contribution in [1.29, 1.82) is 0 Å². The van der Waals surface area contributed by atoms with Crippen LogP contribution in [-0.4, -0.2) is 9.55 Å². The first kappa shape index (κ1) is 13.0. The van der Waals surface area contributed by atoms with Crippen molar-refractivity contribution >= 4 is 32.9 Å². The number of halogens is 4. The lowest BCUT2D eigenvalue weighted by molar-refractivity contribution is 0.493. The zero-order chi connectivity index (χ0) is 14.4. The second-order valence-corrected chi connectivity index (χ2v) is 5.07. The van der Waals surface area contributed by atoms with Gasteiger partial charge in [0.05, 0.1) is 16.7 Å². The van der Waals surface area contributed by atoms with Gasteiger partial charge in [-0.1, -0.05) is 15.9 Å². The molecule has 0 spiro atoms. The molecule has 0 aliphatic carbocycles. The van der Waals surface area contributed by atoms with Crippen LogP contribution >= 0.6 is 15.9 Å². The van der Waals surface area contributed by atoms with Gasteiger partial charge in [-0.05, 0) is 18.2 Å². The van der Waals surface area contributed by atoms with Gasteiger partial charge in [0, 0.05) is 16.6 Å². The number of nitrogen functional groups attached to an aromatic ring is 1. The fourth-order valence-electron chi connectivity index (χ4n) is 2.01. The molecule has 3 aromatic rings. The van der Waals surface area contributed by atoms with Gasteiger partial charge in [-0.25, -0.2) is 18.2 Å². The van der Waals surface area contributed by atoms with Gasteiger partial charge in [-0.3, -0.25) is 4.57 Å². The van der Waals surface area contributed by atoms with Gasteiger partial charge in [-0.15, -0.1) is 0 Å². The van der Waals surface area contributed by atoms with Gasteiger partial charge in [0.2, 0.25) is 5.95 Å². The number of benzene rings is 2. The largest absolute Gasteiger partial charge is 0.369 e. The molecule has 3 rings (SSSR count). The Hall–Kier alpha value is -2.02. The van der Waals surface area contributed by atoms with Crippen LogP contribution in [0.3, 0.4) is 0 Å². The molecule has 0 aliphatic heterocycles. The molecule has 1 heterocycles. The van der Waals surface area contributed by atoms with Crippen molar-refractivity contribution in [2.24, 2.45) is 0 Å². The van der Waals surface area contributed by atoms with E-state index in [0.717, 1.165) is 10.5 Å². The molecular formula is C13H7BrF3N3. The average Bonchev–Trinajstić information content (AvgIpc) is 2.69. The highest BCUT2D eigenvalue weighted by Gasteiger charge is 2.16. The summed E-state index contributed by atoms with van der Waals surface area (Å²) in [5, 5.41) is 0. The minimum atomic E-state index is -1.25. The monoisotopic (exact) mass is 341 g/mol. The minimum Gasteiger partial charge on any atom is -0.369 e. The Kier molecular flexibility index (Phi) is 2.93. The van der Waals surface area contributed by atoms with Crippen LogP contribution in [0.25, 0.3) is 16.7 Å². The third-order valence-electron chi connectivity index (χ3n) is 2.87. The molecule has 0 fully saturated rings. The molecule has 7 heteroatoms. The molecule has 1 aromatic heterocycles. The first-order valence-electron chi connectivity index (χ1n) is 5.56. The SMILES string of the molecule is Nc1nc2cc(Br)ccc2n1-c1cc(F)c(F)cc1F. The summed E-state index contributed by atoms with van der Waals surface area (Å²) < 4.78 is 42.2. The molecule has 0 saturated carbocycles. The van der Waals surface area contributed by atoms with Crippen LogP contribution in [0.4, 0.5) is 19.1 Å². The number of nitrogens with zero attached hydrogens (tertiary/aromatic N) is 2. The van der Waals surface area contributed by atoms with E-state index in [-0.39, 0.29) is 11.6 Å².